The van der Waals surface area contributed by atoms with Crippen molar-refractivity contribution in [2.75, 3.05) is 26.1 Å². The van der Waals surface area contributed by atoms with E-state index in [4.69, 9.17) is 14.2 Å². The van der Waals surface area contributed by atoms with Gasteiger partial charge in [0.1, 0.15) is 11.5 Å². The number of amides is 1. The van der Waals surface area contributed by atoms with Crippen molar-refractivity contribution in [2.45, 2.75) is 13.8 Å². The Hall–Kier alpha value is -2.50. The number of nitrogens with one attached hydrogen (secondary N) is 1. The summed E-state index contributed by atoms with van der Waals surface area (Å²) < 4.78 is 15.0. The molecule has 0 atom stereocenters. The second-order valence-corrected chi connectivity index (χ2v) is 4.44. The standard InChI is InChI=1S/C15H19NO5/c1-10(2)7-15(18)21-9-14(17)16-12-6-5-11(19-3)8-13(12)20-4/h5-8H,9H2,1-4H3,(H,16,17). The van der Waals surface area contributed by atoms with Gasteiger partial charge in [0.25, 0.3) is 5.91 Å². The van der Waals surface area contributed by atoms with Crippen LogP contribution in [0.2, 0.25) is 0 Å². The summed E-state index contributed by atoms with van der Waals surface area (Å²) in [7, 11) is 3.02. The molecule has 21 heavy (non-hydrogen) atoms. The zero-order chi connectivity index (χ0) is 15.8. The van der Waals surface area contributed by atoms with Crippen LogP contribution in [-0.4, -0.2) is 32.7 Å². The van der Waals surface area contributed by atoms with E-state index in [9.17, 15) is 9.59 Å². The first-order chi connectivity index (χ1) is 9.96. The minimum absolute atomic E-state index is 0.363. The van der Waals surface area contributed by atoms with Crippen LogP contribution in [0.4, 0.5) is 5.69 Å². The minimum Gasteiger partial charge on any atom is -0.497 e. The van der Waals surface area contributed by atoms with Crippen LogP contribution in [0.5, 0.6) is 11.5 Å². The summed E-state index contributed by atoms with van der Waals surface area (Å²) in [6.07, 6.45) is 1.32. The molecular weight excluding hydrogens is 274 g/mol. The van der Waals surface area contributed by atoms with E-state index in [0.29, 0.717) is 17.2 Å². The van der Waals surface area contributed by atoms with Gasteiger partial charge < -0.3 is 19.5 Å². The van der Waals surface area contributed by atoms with Crippen LogP contribution >= 0.6 is 0 Å². The van der Waals surface area contributed by atoms with Crippen molar-refractivity contribution < 1.29 is 23.8 Å². The van der Waals surface area contributed by atoms with Crippen LogP contribution in [0.3, 0.4) is 0 Å². The average molecular weight is 293 g/mol. The molecule has 1 aromatic carbocycles. The van der Waals surface area contributed by atoms with Crippen molar-refractivity contribution in [3.63, 3.8) is 0 Å². The molecule has 1 aromatic rings. The number of carbonyl (C=O) groups excluding carboxylic acids is 2. The largest absolute Gasteiger partial charge is 0.497 e. The molecule has 0 bridgehead atoms. The fourth-order valence-corrected chi connectivity index (χ4v) is 1.50. The van der Waals surface area contributed by atoms with E-state index in [2.05, 4.69) is 5.32 Å². The first kappa shape index (κ1) is 16.6. The predicted octanol–water partition coefficient (Wildman–Crippen LogP) is 2.15. The normalized spacial score (nSPS) is 9.52. The van der Waals surface area contributed by atoms with Crippen molar-refractivity contribution in [3.05, 3.63) is 29.8 Å². The lowest BCUT2D eigenvalue weighted by atomic mass is 10.2. The lowest BCUT2D eigenvalue weighted by Gasteiger charge is -2.11. The molecule has 6 nitrogen and oxygen atoms in total. The van der Waals surface area contributed by atoms with Crippen molar-refractivity contribution in [1.29, 1.82) is 0 Å². The fraction of sp³-hybridized carbons (Fsp3) is 0.333. The zero-order valence-electron chi connectivity index (χ0n) is 12.6. The van der Waals surface area contributed by atoms with Gasteiger partial charge in [-0.1, -0.05) is 5.57 Å². The quantitative estimate of drug-likeness (QED) is 0.642. The first-order valence-electron chi connectivity index (χ1n) is 6.29. The Kier molecular flexibility index (Phi) is 6.26. The molecule has 1 amide bonds. The summed E-state index contributed by atoms with van der Waals surface area (Å²) in [6.45, 7) is 3.17. The van der Waals surface area contributed by atoms with Crippen LogP contribution in [0, 0.1) is 0 Å². The molecule has 6 heteroatoms. The number of carbonyl (C=O) groups is 2. The number of esters is 1. The number of rotatable bonds is 6. The van der Waals surface area contributed by atoms with E-state index in [-0.39, 0.29) is 6.61 Å². The molecule has 0 saturated heterocycles. The predicted molar refractivity (Wildman–Crippen MR) is 78.6 cm³/mol. The topological polar surface area (TPSA) is 73.9 Å². The zero-order valence-corrected chi connectivity index (χ0v) is 12.6. The number of hydrogen-bond donors (Lipinski definition) is 1. The van der Waals surface area contributed by atoms with E-state index in [1.54, 1.807) is 32.0 Å². The highest BCUT2D eigenvalue weighted by Gasteiger charge is 2.10. The number of methoxy groups -OCH3 is 2. The van der Waals surface area contributed by atoms with Gasteiger partial charge in [-0.3, -0.25) is 4.79 Å². The monoisotopic (exact) mass is 293 g/mol. The molecule has 1 rings (SSSR count). The van der Waals surface area contributed by atoms with E-state index in [0.717, 1.165) is 5.57 Å². The number of allylic oxidation sites excluding steroid dienone is 1. The maximum atomic E-state index is 11.7. The van der Waals surface area contributed by atoms with Gasteiger partial charge in [0, 0.05) is 12.1 Å². The minimum atomic E-state index is -0.549. The average Bonchev–Trinajstić information content (AvgIpc) is 2.45. The Morgan fingerprint density at radius 2 is 1.90 bits per heavy atom. The van der Waals surface area contributed by atoms with Gasteiger partial charge in [-0.25, -0.2) is 4.79 Å². The molecule has 0 aliphatic carbocycles. The summed E-state index contributed by atoms with van der Waals surface area (Å²) in [5.74, 6) is 0.0685. The summed E-state index contributed by atoms with van der Waals surface area (Å²) >= 11 is 0. The molecule has 0 radical (unpaired) electrons. The van der Waals surface area contributed by atoms with Crippen LogP contribution < -0.4 is 14.8 Å². The maximum Gasteiger partial charge on any atom is 0.331 e. The molecule has 0 saturated carbocycles. The van der Waals surface area contributed by atoms with E-state index >= 15 is 0 Å². The first-order valence-corrected chi connectivity index (χ1v) is 6.29. The van der Waals surface area contributed by atoms with Crippen LogP contribution in [-0.2, 0) is 14.3 Å². The molecule has 0 heterocycles. The Morgan fingerprint density at radius 3 is 2.48 bits per heavy atom. The fourth-order valence-electron chi connectivity index (χ4n) is 1.50. The number of benzene rings is 1. The highest BCUT2D eigenvalue weighted by molar-refractivity contribution is 5.95. The smallest absolute Gasteiger partial charge is 0.331 e. The van der Waals surface area contributed by atoms with Gasteiger partial charge in [-0.15, -0.1) is 0 Å². The molecule has 114 valence electrons. The SMILES string of the molecule is COc1ccc(NC(=O)COC(=O)C=C(C)C)c(OC)c1. The summed E-state index contributed by atoms with van der Waals surface area (Å²) in [6, 6.07) is 4.98. The Bertz CT molecular complexity index is 547. The summed E-state index contributed by atoms with van der Waals surface area (Å²) in [5.41, 5.74) is 1.28. The molecule has 1 N–H and O–H groups in total. The Balaban J connectivity index is 2.63. The highest BCUT2D eigenvalue weighted by Crippen LogP contribution is 2.28. The molecule has 0 aliphatic heterocycles. The van der Waals surface area contributed by atoms with E-state index in [1.807, 2.05) is 0 Å². The third kappa shape index (κ3) is 5.56. The van der Waals surface area contributed by atoms with Crippen molar-refractivity contribution >= 4 is 17.6 Å². The second kappa shape index (κ2) is 7.94. The van der Waals surface area contributed by atoms with Crippen LogP contribution in [0.25, 0.3) is 0 Å². The number of hydrogen-bond acceptors (Lipinski definition) is 5. The van der Waals surface area contributed by atoms with Gasteiger partial charge >= 0.3 is 5.97 Å². The van der Waals surface area contributed by atoms with Crippen molar-refractivity contribution in [2.24, 2.45) is 0 Å². The molecule has 0 aliphatic rings. The van der Waals surface area contributed by atoms with Crippen molar-refractivity contribution in [1.82, 2.24) is 0 Å². The van der Waals surface area contributed by atoms with Crippen molar-refractivity contribution in [3.8, 4) is 11.5 Å². The van der Waals surface area contributed by atoms with Gasteiger partial charge in [-0.2, -0.15) is 0 Å². The van der Waals surface area contributed by atoms with Gasteiger partial charge in [0.05, 0.1) is 19.9 Å². The van der Waals surface area contributed by atoms with Gasteiger partial charge in [-0.05, 0) is 26.0 Å². The number of ether oxygens (including phenoxy) is 3. The molecule has 0 unspecified atom stereocenters. The maximum absolute atomic E-state index is 11.7. The molecule has 0 spiro atoms. The summed E-state index contributed by atoms with van der Waals surface area (Å²) in [4.78, 5) is 23.0. The summed E-state index contributed by atoms with van der Waals surface area (Å²) in [5, 5.41) is 2.60. The van der Waals surface area contributed by atoms with Crippen LogP contribution in [0.15, 0.2) is 29.8 Å². The third-order valence-electron chi connectivity index (χ3n) is 2.43. The lowest BCUT2D eigenvalue weighted by molar-refractivity contribution is -0.142. The second-order valence-electron chi connectivity index (χ2n) is 4.44. The molecular formula is C15H19NO5. The molecule has 0 aromatic heterocycles. The van der Waals surface area contributed by atoms with E-state index in [1.165, 1.54) is 20.3 Å². The third-order valence-corrected chi connectivity index (χ3v) is 2.43. The molecule has 0 fully saturated rings. The van der Waals surface area contributed by atoms with E-state index < -0.39 is 11.9 Å². The Labute approximate surface area is 123 Å². The lowest BCUT2D eigenvalue weighted by Crippen LogP contribution is -2.20. The Morgan fingerprint density at radius 1 is 1.19 bits per heavy atom. The number of anilines is 1. The highest BCUT2D eigenvalue weighted by atomic mass is 16.5. The van der Waals surface area contributed by atoms with Gasteiger partial charge in [0.15, 0.2) is 6.61 Å². The van der Waals surface area contributed by atoms with Gasteiger partial charge in [0.2, 0.25) is 0 Å². The van der Waals surface area contributed by atoms with Crippen LogP contribution in [0.1, 0.15) is 13.8 Å².